The number of ether oxygens (including phenoxy) is 2. The maximum atomic E-state index is 13.2. The maximum Gasteiger partial charge on any atom is 0.295 e. The quantitative estimate of drug-likeness (QED) is 0.351. The van der Waals surface area contributed by atoms with Crippen LogP contribution in [0.5, 0.6) is 11.5 Å². The number of ketones is 1. The Morgan fingerprint density at radius 2 is 1.79 bits per heavy atom. The molecule has 0 spiro atoms. The van der Waals surface area contributed by atoms with Crippen molar-refractivity contribution in [3.63, 3.8) is 0 Å². The number of pyridine rings is 1. The average Bonchev–Trinajstić information content (AvgIpc) is 3.09. The van der Waals surface area contributed by atoms with Crippen LogP contribution in [0.3, 0.4) is 0 Å². The third kappa shape index (κ3) is 4.17. The van der Waals surface area contributed by atoms with Gasteiger partial charge in [-0.2, -0.15) is 0 Å². The summed E-state index contributed by atoms with van der Waals surface area (Å²) in [7, 11) is 3.13. The molecule has 3 aromatic rings. The van der Waals surface area contributed by atoms with E-state index in [0.29, 0.717) is 22.6 Å². The smallest absolute Gasteiger partial charge is 0.295 e. The molecule has 1 aliphatic heterocycles. The van der Waals surface area contributed by atoms with Crippen molar-refractivity contribution in [1.29, 1.82) is 0 Å². The molecule has 0 bridgehead atoms. The molecule has 2 aromatic carbocycles. The zero-order valence-electron chi connectivity index (χ0n) is 18.6. The van der Waals surface area contributed by atoms with Crippen LogP contribution in [-0.2, 0) is 16.1 Å². The number of rotatable bonds is 6. The lowest BCUT2D eigenvalue weighted by atomic mass is 9.95. The minimum absolute atomic E-state index is 0.0404. The summed E-state index contributed by atoms with van der Waals surface area (Å²) in [5, 5.41) is 11.2. The molecule has 0 aliphatic carbocycles. The van der Waals surface area contributed by atoms with Crippen molar-refractivity contribution in [3.05, 3.63) is 94.8 Å². The number of aromatic nitrogens is 1. The van der Waals surface area contributed by atoms with Crippen molar-refractivity contribution in [1.82, 2.24) is 9.88 Å². The number of hydrogen-bond donors (Lipinski definition) is 1. The Bertz CT molecular complexity index is 1240. The third-order valence-electron chi connectivity index (χ3n) is 5.72. The van der Waals surface area contributed by atoms with Crippen molar-refractivity contribution in [2.24, 2.45) is 0 Å². The number of methoxy groups -OCH3 is 2. The van der Waals surface area contributed by atoms with Crippen LogP contribution in [0, 0.1) is 6.92 Å². The molecule has 1 unspecified atom stereocenters. The lowest BCUT2D eigenvalue weighted by Crippen LogP contribution is -2.29. The first-order valence-corrected chi connectivity index (χ1v) is 10.4. The fourth-order valence-corrected chi connectivity index (χ4v) is 4.08. The number of Topliss-reactive ketones (excluding diaryl/α,β-unsaturated/α-hetero) is 1. The lowest BCUT2D eigenvalue weighted by Gasteiger charge is -2.25. The van der Waals surface area contributed by atoms with Crippen molar-refractivity contribution in [2.75, 3.05) is 14.2 Å². The number of carbonyl (C=O) groups is 2. The van der Waals surface area contributed by atoms with E-state index >= 15 is 0 Å². The van der Waals surface area contributed by atoms with Crippen LogP contribution in [0.2, 0.25) is 0 Å². The second kappa shape index (κ2) is 9.16. The van der Waals surface area contributed by atoms with Gasteiger partial charge in [0.25, 0.3) is 11.7 Å². The number of hydrogen-bond acceptors (Lipinski definition) is 6. The van der Waals surface area contributed by atoms with E-state index in [0.717, 1.165) is 11.1 Å². The summed E-state index contributed by atoms with van der Waals surface area (Å²) in [4.78, 5) is 31.8. The number of amides is 1. The highest BCUT2D eigenvalue weighted by Gasteiger charge is 2.46. The molecule has 1 saturated heterocycles. The second-order valence-corrected chi connectivity index (χ2v) is 7.74. The zero-order chi connectivity index (χ0) is 23.5. The highest BCUT2D eigenvalue weighted by molar-refractivity contribution is 6.46. The molecule has 7 heteroatoms. The Morgan fingerprint density at radius 3 is 2.45 bits per heavy atom. The molecule has 1 fully saturated rings. The van der Waals surface area contributed by atoms with Crippen LogP contribution in [0.25, 0.3) is 5.76 Å². The van der Waals surface area contributed by atoms with E-state index in [1.807, 2.05) is 31.2 Å². The van der Waals surface area contributed by atoms with Gasteiger partial charge in [0, 0.05) is 24.5 Å². The SMILES string of the molecule is COc1cccc(CN2C(=O)C(=O)/C(=C(\O)c3ccc(OC)c(C)c3)C2c2ccncc2)c1. The predicted octanol–water partition coefficient (Wildman–Crippen LogP) is 4.03. The molecule has 168 valence electrons. The fourth-order valence-electron chi connectivity index (χ4n) is 4.08. The van der Waals surface area contributed by atoms with Crippen LogP contribution in [0.1, 0.15) is 28.3 Å². The molecule has 33 heavy (non-hydrogen) atoms. The van der Waals surface area contributed by atoms with Gasteiger partial charge in [0.05, 0.1) is 25.8 Å². The van der Waals surface area contributed by atoms with E-state index in [2.05, 4.69) is 4.98 Å². The average molecular weight is 444 g/mol. The molecule has 1 aromatic heterocycles. The largest absolute Gasteiger partial charge is 0.507 e. The van der Waals surface area contributed by atoms with E-state index in [9.17, 15) is 14.7 Å². The minimum atomic E-state index is -0.762. The Kier molecular flexibility index (Phi) is 6.13. The summed E-state index contributed by atoms with van der Waals surface area (Å²) >= 11 is 0. The summed E-state index contributed by atoms with van der Waals surface area (Å²) in [5.74, 6) is -0.319. The number of aliphatic hydroxyl groups is 1. The van der Waals surface area contributed by atoms with Crippen molar-refractivity contribution < 1.29 is 24.2 Å². The maximum absolute atomic E-state index is 13.2. The number of carbonyl (C=O) groups excluding carboxylic acids is 2. The standard InChI is InChI=1S/C26H24N2O5/c1-16-13-19(7-8-21(16)33-3)24(29)22-23(18-9-11-27-12-10-18)28(26(31)25(22)30)15-17-5-4-6-20(14-17)32-2/h4-14,23,29H,15H2,1-3H3/b24-22-. The highest BCUT2D eigenvalue weighted by Crippen LogP contribution is 2.40. The first-order valence-electron chi connectivity index (χ1n) is 10.4. The Labute approximate surface area is 191 Å². The number of nitrogens with zero attached hydrogens (tertiary/aromatic N) is 2. The molecule has 1 N–H and O–H groups in total. The lowest BCUT2D eigenvalue weighted by molar-refractivity contribution is -0.140. The van der Waals surface area contributed by atoms with Crippen LogP contribution in [-0.4, -0.2) is 40.9 Å². The van der Waals surface area contributed by atoms with Crippen LogP contribution in [0.4, 0.5) is 0 Å². The van der Waals surface area contributed by atoms with Crippen LogP contribution in [0.15, 0.2) is 72.6 Å². The van der Waals surface area contributed by atoms with E-state index in [1.165, 1.54) is 4.90 Å². The monoisotopic (exact) mass is 444 g/mol. The van der Waals surface area contributed by atoms with Gasteiger partial charge in [-0.15, -0.1) is 0 Å². The number of aryl methyl sites for hydroxylation is 1. The Morgan fingerprint density at radius 1 is 1.03 bits per heavy atom. The van der Waals surface area contributed by atoms with E-state index in [1.54, 1.807) is 56.9 Å². The molecular weight excluding hydrogens is 420 g/mol. The molecular formula is C26H24N2O5. The van der Waals surface area contributed by atoms with Crippen molar-refractivity contribution >= 4 is 17.4 Å². The van der Waals surface area contributed by atoms with Gasteiger partial charge in [-0.25, -0.2) is 0 Å². The molecule has 0 saturated carbocycles. The number of benzene rings is 2. The predicted molar refractivity (Wildman–Crippen MR) is 123 cm³/mol. The number of aliphatic hydroxyl groups excluding tert-OH is 1. The second-order valence-electron chi connectivity index (χ2n) is 7.74. The summed E-state index contributed by atoms with van der Waals surface area (Å²) in [6, 6.07) is 15.1. The third-order valence-corrected chi connectivity index (χ3v) is 5.72. The van der Waals surface area contributed by atoms with E-state index in [-0.39, 0.29) is 17.9 Å². The highest BCUT2D eigenvalue weighted by atomic mass is 16.5. The molecule has 0 radical (unpaired) electrons. The summed E-state index contributed by atoms with van der Waals surface area (Å²) in [5.41, 5.74) is 2.76. The first-order chi connectivity index (χ1) is 15.9. The van der Waals surface area contributed by atoms with E-state index < -0.39 is 17.7 Å². The Balaban J connectivity index is 1.83. The molecule has 7 nitrogen and oxygen atoms in total. The number of likely N-dealkylation sites (tertiary alicyclic amines) is 1. The summed E-state index contributed by atoms with van der Waals surface area (Å²) < 4.78 is 10.6. The Hall–Kier alpha value is -4.13. The minimum Gasteiger partial charge on any atom is -0.507 e. The van der Waals surface area contributed by atoms with Gasteiger partial charge in [0.2, 0.25) is 0 Å². The van der Waals surface area contributed by atoms with Gasteiger partial charge < -0.3 is 19.5 Å². The van der Waals surface area contributed by atoms with Crippen LogP contribution < -0.4 is 9.47 Å². The van der Waals surface area contributed by atoms with Gasteiger partial charge in [0.1, 0.15) is 17.3 Å². The fraction of sp³-hybridized carbons (Fsp3) is 0.192. The van der Waals surface area contributed by atoms with Crippen LogP contribution >= 0.6 is 0 Å². The van der Waals surface area contributed by atoms with Gasteiger partial charge >= 0.3 is 0 Å². The van der Waals surface area contributed by atoms with Crippen molar-refractivity contribution in [2.45, 2.75) is 19.5 Å². The summed E-state index contributed by atoms with van der Waals surface area (Å²) in [6.07, 6.45) is 3.19. The summed E-state index contributed by atoms with van der Waals surface area (Å²) in [6.45, 7) is 2.02. The molecule has 1 aliphatic rings. The molecule has 2 heterocycles. The first kappa shape index (κ1) is 22.1. The molecule has 4 rings (SSSR count). The zero-order valence-corrected chi connectivity index (χ0v) is 18.6. The van der Waals surface area contributed by atoms with Gasteiger partial charge in [-0.3, -0.25) is 14.6 Å². The van der Waals surface area contributed by atoms with E-state index in [4.69, 9.17) is 9.47 Å². The van der Waals surface area contributed by atoms with Crippen molar-refractivity contribution in [3.8, 4) is 11.5 Å². The van der Waals surface area contributed by atoms with Gasteiger partial charge in [0.15, 0.2) is 0 Å². The molecule has 1 atom stereocenters. The topological polar surface area (TPSA) is 89.0 Å². The van der Waals surface area contributed by atoms with Gasteiger partial charge in [-0.05, 0) is 66.1 Å². The van der Waals surface area contributed by atoms with Gasteiger partial charge in [-0.1, -0.05) is 12.1 Å². The molecule has 1 amide bonds. The normalized spacial score (nSPS) is 17.3.